The van der Waals surface area contributed by atoms with Crippen molar-refractivity contribution in [1.29, 1.82) is 0 Å². The molecule has 9 nitrogen and oxygen atoms in total. The van der Waals surface area contributed by atoms with Crippen molar-refractivity contribution >= 4 is 39.1 Å². The number of aromatic nitrogens is 1. The molecular weight excluding hydrogens is 362 g/mol. The van der Waals surface area contributed by atoms with E-state index in [0.717, 1.165) is 19.2 Å². The fourth-order valence-corrected chi connectivity index (χ4v) is 3.43. The van der Waals surface area contributed by atoms with Crippen molar-refractivity contribution in [2.75, 3.05) is 10.9 Å². The number of nitro groups is 1. The Labute approximate surface area is 141 Å². The van der Waals surface area contributed by atoms with Gasteiger partial charge in [-0.15, -0.1) is 0 Å². The maximum Gasteiger partial charge on any atom is 0.358 e. The number of esters is 1. The summed E-state index contributed by atoms with van der Waals surface area (Å²) in [6, 6.07) is 7.28. The van der Waals surface area contributed by atoms with Crippen LogP contribution >= 0.6 is 11.8 Å². The summed E-state index contributed by atoms with van der Waals surface area (Å²) in [6.45, 7) is 0. The highest BCUT2D eigenvalue weighted by molar-refractivity contribution is 7.94. The van der Waals surface area contributed by atoms with Crippen LogP contribution in [0, 0.1) is 10.1 Å². The minimum absolute atomic E-state index is 0.231. The van der Waals surface area contributed by atoms with Crippen molar-refractivity contribution in [2.45, 2.75) is 4.90 Å². The molecule has 0 radical (unpaired) electrons. The third-order valence-electron chi connectivity index (χ3n) is 2.91. The number of nitrogens with zero attached hydrogens (tertiary/aromatic N) is 3. The Morgan fingerprint density at radius 3 is 2.58 bits per heavy atom. The molecule has 0 saturated carbocycles. The Balaban J connectivity index is 2.60. The number of hydrogen-bond donors (Lipinski definition) is 0. The van der Waals surface area contributed by atoms with Gasteiger partial charge in [0.05, 0.1) is 12.0 Å². The lowest BCUT2D eigenvalue weighted by Crippen LogP contribution is -2.24. The van der Waals surface area contributed by atoms with Gasteiger partial charge in [-0.1, -0.05) is 12.1 Å². The number of nitro benzene ring substituents is 1. The zero-order valence-electron chi connectivity index (χ0n) is 12.1. The molecule has 0 N–H and O–H groups in total. The Hall–Kier alpha value is -2.72. The topological polar surface area (TPSA) is 120 Å². The summed E-state index contributed by atoms with van der Waals surface area (Å²) in [6.07, 6.45) is 1.25. The molecule has 11 heteroatoms. The SMILES string of the molecule is COC(=O)c1ncccc1N(Cl)S(=O)(=O)c1ccccc1[N+](=O)[O-]. The Kier molecular flexibility index (Phi) is 5.00. The molecule has 1 aromatic carbocycles. The molecule has 0 aliphatic heterocycles. The molecule has 2 aromatic rings. The van der Waals surface area contributed by atoms with Crippen LogP contribution in [0.1, 0.15) is 10.5 Å². The van der Waals surface area contributed by atoms with Gasteiger partial charge in [-0.3, -0.25) is 10.1 Å². The fourth-order valence-electron chi connectivity index (χ4n) is 1.83. The Morgan fingerprint density at radius 2 is 1.96 bits per heavy atom. The van der Waals surface area contributed by atoms with Gasteiger partial charge in [0.15, 0.2) is 10.6 Å². The molecule has 1 heterocycles. The number of sulfonamides is 1. The van der Waals surface area contributed by atoms with Gasteiger partial charge in [0.25, 0.3) is 15.7 Å². The number of carbonyl (C=O) groups excluding carboxylic acids is 1. The predicted octanol–water partition coefficient (Wildman–Crippen LogP) is 2.13. The lowest BCUT2D eigenvalue weighted by atomic mass is 10.3. The van der Waals surface area contributed by atoms with Gasteiger partial charge >= 0.3 is 5.97 Å². The van der Waals surface area contributed by atoms with Crippen molar-refractivity contribution in [3.8, 4) is 0 Å². The zero-order valence-corrected chi connectivity index (χ0v) is 13.7. The lowest BCUT2D eigenvalue weighted by molar-refractivity contribution is -0.387. The van der Waals surface area contributed by atoms with E-state index in [-0.39, 0.29) is 15.2 Å². The van der Waals surface area contributed by atoms with E-state index in [0.29, 0.717) is 0 Å². The minimum Gasteiger partial charge on any atom is -0.464 e. The van der Waals surface area contributed by atoms with Crippen LogP contribution in [0.4, 0.5) is 11.4 Å². The maximum atomic E-state index is 12.6. The van der Waals surface area contributed by atoms with E-state index in [1.165, 1.54) is 30.5 Å². The number of carbonyl (C=O) groups is 1. The van der Waals surface area contributed by atoms with Crippen LogP contribution in [0.2, 0.25) is 0 Å². The van der Waals surface area contributed by atoms with Crippen LogP contribution in [0.5, 0.6) is 0 Å². The number of hydrogen-bond acceptors (Lipinski definition) is 7. The van der Waals surface area contributed by atoms with Crippen molar-refractivity contribution in [3.63, 3.8) is 0 Å². The summed E-state index contributed by atoms with van der Waals surface area (Å²) in [5.74, 6) is -0.908. The number of pyridine rings is 1. The quantitative estimate of drug-likeness (QED) is 0.341. The van der Waals surface area contributed by atoms with Crippen LogP contribution in [0.3, 0.4) is 0 Å². The number of para-hydroxylation sites is 1. The van der Waals surface area contributed by atoms with Gasteiger partial charge in [0.1, 0.15) is 5.69 Å². The first-order valence-corrected chi connectivity index (χ1v) is 8.06. The van der Waals surface area contributed by atoms with Crippen LogP contribution in [0.25, 0.3) is 0 Å². The highest BCUT2D eigenvalue weighted by Gasteiger charge is 2.33. The first kappa shape index (κ1) is 17.6. The molecule has 2 rings (SSSR count). The third kappa shape index (κ3) is 3.14. The Morgan fingerprint density at radius 1 is 1.29 bits per heavy atom. The summed E-state index contributed by atoms with van der Waals surface area (Å²) in [4.78, 5) is 25.0. The molecule has 0 spiro atoms. The molecule has 0 unspecified atom stereocenters. The van der Waals surface area contributed by atoms with Crippen molar-refractivity contribution < 1.29 is 22.9 Å². The lowest BCUT2D eigenvalue weighted by Gasteiger charge is -2.17. The third-order valence-corrected chi connectivity index (χ3v) is 5.15. The summed E-state index contributed by atoms with van der Waals surface area (Å²) in [5, 5.41) is 11.0. The molecule has 1 aromatic heterocycles. The minimum atomic E-state index is -4.52. The first-order valence-electron chi connectivity index (χ1n) is 6.28. The second kappa shape index (κ2) is 6.81. The molecule has 0 fully saturated rings. The molecule has 0 bridgehead atoms. The van der Waals surface area contributed by atoms with Gasteiger partial charge in [0.2, 0.25) is 0 Å². The molecule has 0 aliphatic carbocycles. The fraction of sp³-hybridized carbons (Fsp3) is 0.0769. The van der Waals surface area contributed by atoms with Crippen molar-refractivity contribution in [1.82, 2.24) is 4.98 Å². The molecule has 0 amide bonds. The molecule has 24 heavy (non-hydrogen) atoms. The number of halogens is 1. The van der Waals surface area contributed by atoms with E-state index in [1.807, 2.05) is 0 Å². The van der Waals surface area contributed by atoms with Gasteiger partial charge < -0.3 is 4.74 Å². The van der Waals surface area contributed by atoms with E-state index in [4.69, 9.17) is 11.8 Å². The average Bonchev–Trinajstić information content (AvgIpc) is 2.60. The van der Waals surface area contributed by atoms with Crippen LogP contribution in [-0.4, -0.2) is 31.4 Å². The van der Waals surface area contributed by atoms with Gasteiger partial charge in [-0.2, -0.15) is 12.2 Å². The van der Waals surface area contributed by atoms with E-state index in [1.54, 1.807) is 0 Å². The highest BCUT2D eigenvalue weighted by Crippen LogP contribution is 2.32. The molecule has 0 atom stereocenters. The highest BCUT2D eigenvalue weighted by atomic mass is 35.5. The van der Waals surface area contributed by atoms with E-state index in [9.17, 15) is 23.3 Å². The zero-order chi connectivity index (χ0) is 17.9. The number of anilines is 1. The number of rotatable bonds is 5. The molecular formula is C13H10ClN3O6S. The monoisotopic (exact) mass is 371 g/mol. The Bertz CT molecular complexity index is 902. The van der Waals surface area contributed by atoms with Crippen molar-refractivity contribution in [2.24, 2.45) is 0 Å². The van der Waals surface area contributed by atoms with Crippen LogP contribution in [0.15, 0.2) is 47.5 Å². The van der Waals surface area contributed by atoms with Crippen molar-refractivity contribution in [3.05, 3.63) is 58.4 Å². The summed E-state index contributed by atoms with van der Waals surface area (Å²) in [7, 11) is -3.43. The van der Waals surface area contributed by atoms with E-state index < -0.39 is 31.5 Å². The second-order valence-corrected chi connectivity index (χ2v) is 6.60. The molecule has 0 aliphatic rings. The summed E-state index contributed by atoms with van der Waals surface area (Å²) >= 11 is 5.89. The maximum absolute atomic E-state index is 12.6. The summed E-state index contributed by atoms with van der Waals surface area (Å²) in [5.41, 5.74) is -1.28. The van der Waals surface area contributed by atoms with Crippen LogP contribution < -0.4 is 3.82 Å². The number of ether oxygens (including phenoxy) is 1. The van der Waals surface area contributed by atoms with E-state index in [2.05, 4.69) is 9.72 Å². The van der Waals surface area contributed by atoms with Gasteiger partial charge in [0, 0.05) is 24.0 Å². The summed E-state index contributed by atoms with van der Waals surface area (Å²) < 4.78 is 30.0. The standard InChI is InChI=1S/C13H10ClN3O6S/c1-23-13(18)12-10(6-4-8-15-12)16(14)24(21,22)11-7-3-2-5-9(11)17(19)20/h2-8H,1H3. The predicted molar refractivity (Wildman–Crippen MR) is 84.2 cm³/mol. The molecule has 126 valence electrons. The van der Waals surface area contributed by atoms with Gasteiger partial charge in [-0.25, -0.2) is 9.78 Å². The first-order chi connectivity index (χ1) is 11.3. The normalized spacial score (nSPS) is 10.9. The van der Waals surface area contributed by atoms with E-state index >= 15 is 0 Å². The van der Waals surface area contributed by atoms with Gasteiger partial charge in [-0.05, 0) is 18.2 Å². The average molecular weight is 372 g/mol. The number of methoxy groups -OCH3 is 1. The van der Waals surface area contributed by atoms with Crippen LogP contribution in [-0.2, 0) is 14.8 Å². The second-order valence-electron chi connectivity index (χ2n) is 4.31. The smallest absolute Gasteiger partial charge is 0.358 e. The largest absolute Gasteiger partial charge is 0.464 e. The molecule has 0 saturated heterocycles. The number of benzene rings is 1.